The van der Waals surface area contributed by atoms with Crippen LogP contribution in [-0.4, -0.2) is 59.1 Å². The van der Waals surface area contributed by atoms with Crippen LogP contribution in [0.5, 0.6) is 0 Å². The Hall–Kier alpha value is -1.85. The van der Waals surface area contributed by atoms with Gasteiger partial charge in [0.2, 0.25) is 0 Å². The molecule has 0 bridgehead atoms. The van der Waals surface area contributed by atoms with Gasteiger partial charge in [-0.15, -0.1) is 0 Å². The molecule has 2 aromatic rings. The van der Waals surface area contributed by atoms with Gasteiger partial charge in [-0.2, -0.15) is 0 Å². The number of carbonyl (C=O) groups excluding carboxylic acids is 1. The maximum atomic E-state index is 12.7. The van der Waals surface area contributed by atoms with E-state index in [9.17, 15) is 9.90 Å². The number of aryl methyl sites for hydroxylation is 1. The number of furan rings is 1. The second-order valence-electron chi connectivity index (χ2n) is 6.69. The third-order valence-corrected chi connectivity index (χ3v) is 5.11. The van der Waals surface area contributed by atoms with Crippen molar-refractivity contribution in [2.75, 3.05) is 26.2 Å². The number of benzene rings is 1. The van der Waals surface area contributed by atoms with E-state index in [1.54, 1.807) is 11.0 Å². The van der Waals surface area contributed by atoms with Crippen LogP contribution < -0.4 is 0 Å². The van der Waals surface area contributed by atoms with E-state index in [0.717, 1.165) is 29.6 Å². The van der Waals surface area contributed by atoms with E-state index in [1.165, 1.54) is 12.8 Å². The van der Waals surface area contributed by atoms with Crippen molar-refractivity contribution in [3.8, 4) is 0 Å². The SMILES string of the molecule is Cc1cccc2cc(C(=O)N3C[C@H](O)[C@@H](N4CCCC4)C3)oc12. The van der Waals surface area contributed by atoms with Crippen LogP contribution in [0, 0.1) is 6.92 Å². The molecule has 1 amide bonds. The van der Waals surface area contributed by atoms with Crippen LogP contribution in [0.1, 0.15) is 29.0 Å². The Bertz CT molecular complexity index is 733. The van der Waals surface area contributed by atoms with Crippen LogP contribution in [0.2, 0.25) is 0 Å². The van der Waals surface area contributed by atoms with E-state index >= 15 is 0 Å². The highest BCUT2D eigenvalue weighted by Crippen LogP contribution is 2.26. The predicted octanol–water partition coefficient (Wildman–Crippen LogP) is 2.02. The zero-order valence-corrected chi connectivity index (χ0v) is 13.4. The van der Waals surface area contributed by atoms with Crippen molar-refractivity contribution in [3.63, 3.8) is 0 Å². The molecule has 5 nitrogen and oxygen atoms in total. The van der Waals surface area contributed by atoms with Gasteiger partial charge in [0.05, 0.1) is 12.1 Å². The minimum Gasteiger partial charge on any atom is -0.451 e. The van der Waals surface area contributed by atoms with Crippen LogP contribution >= 0.6 is 0 Å². The lowest BCUT2D eigenvalue weighted by molar-refractivity contribution is 0.0735. The van der Waals surface area contributed by atoms with Crippen LogP contribution in [0.15, 0.2) is 28.7 Å². The molecule has 0 unspecified atom stereocenters. The number of likely N-dealkylation sites (tertiary alicyclic amines) is 2. The number of para-hydroxylation sites is 1. The van der Waals surface area contributed by atoms with Crippen molar-refractivity contribution in [3.05, 3.63) is 35.6 Å². The van der Waals surface area contributed by atoms with E-state index in [-0.39, 0.29) is 11.9 Å². The first-order valence-corrected chi connectivity index (χ1v) is 8.34. The average Bonchev–Trinajstić information content (AvgIpc) is 3.25. The third-order valence-electron chi connectivity index (χ3n) is 5.11. The van der Waals surface area contributed by atoms with Crippen LogP contribution in [0.25, 0.3) is 11.0 Å². The second-order valence-corrected chi connectivity index (χ2v) is 6.69. The van der Waals surface area contributed by atoms with Crippen molar-refractivity contribution >= 4 is 16.9 Å². The summed E-state index contributed by atoms with van der Waals surface area (Å²) in [4.78, 5) is 16.8. The van der Waals surface area contributed by atoms with E-state index in [1.807, 2.05) is 25.1 Å². The molecule has 0 spiro atoms. The molecule has 122 valence electrons. The number of amides is 1. The van der Waals surface area contributed by atoms with E-state index in [4.69, 9.17) is 4.42 Å². The van der Waals surface area contributed by atoms with Gasteiger partial charge in [0.15, 0.2) is 5.76 Å². The van der Waals surface area contributed by atoms with Gasteiger partial charge in [0, 0.05) is 18.5 Å². The van der Waals surface area contributed by atoms with Crippen LogP contribution in [0.4, 0.5) is 0 Å². The summed E-state index contributed by atoms with van der Waals surface area (Å²) in [6, 6.07) is 7.76. The molecule has 1 N–H and O–H groups in total. The number of fused-ring (bicyclic) bond motifs is 1. The first-order valence-electron chi connectivity index (χ1n) is 8.34. The Labute approximate surface area is 135 Å². The van der Waals surface area contributed by atoms with Gasteiger partial charge in [0.25, 0.3) is 5.91 Å². The zero-order chi connectivity index (χ0) is 16.0. The predicted molar refractivity (Wildman–Crippen MR) is 87.5 cm³/mol. The normalized spacial score (nSPS) is 25.6. The highest BCUT2D eigenvalue weighted by atomic mass is 16.3. The fourth-order valence-electron chi connectivity index (χ4n) is 3.84. The Kier molecular flexibility index (Phi) is 3.62. The van der Waals surface area contributed by atoms with Gasteiger partial charge in [-0.25, -0.2) is 0 Å². The summed E-state index contributed by atoms with van der Waals surface area (Å²) >= 11 is 0. The standard InChI is InChI=1S/C18H22N2O3/c1-12-5-4-6-13-9-16(23-17(12)13)18(22)20-10-14(15(21)11-20)19-7-2-3-8-19/h4-6,9,14-15,21H,2-3,7-8,10-11H2,1H3/t14-,15-/m0/s1. The molecule has 3 heterocycles. The summed E-state index contributed by atoms with van der Waals surface area (Å²) in [5.74, 6) is 0.241. The van der Waals surface area contributed by atoms with Gasteiger partial charge in [-0.1, -0.05) is 18.2 Å². The van der Waals surface area contributed by atoms with Crippen molar-refractivity contribution in [1.82, 2.24) is 9.80 Å². The molecule has 5 heteroatoms. The molecular weight excluding hydrogens is 292 g/mol. The average molecular weight is 314 g/mol. The summed E-state index contributed by atoms with van der Waals surface area (Å²) in [6.45, 7) is 4.98. The van der Waals surface area contributed by atoms with Crippen molar-refractivity contribution in [2.45, 2.75) is 31.9 Å². The zero-order valence-electron chi connectivity index (χ0n) is 13.4. The first kappa shape index (κ1) is 14.7. The Morgan fingerprint density at radius 1 is 1.26 bits per heavy atom. The van der Waals surface area contributed by atoms with Crippen LogP contribution in [0.3, 0.4) is 0 Å². The molecule has 1 aromatic carbocycles. The summed E-state index contributed by atoms with van der Waals surface area (Å²) in [5.41, 5.74) is 1.80. The molecule has 2 aliphatic rings. The molecule has 2 fully saturated rings. The summed E-state index contributed by atoms with van der Waals surface area (Å²) < 4.78 is 5.78. The highest BCUT2D eigenvalue weighted by molar-refractivity contribution is 5.96. The molecule has 2 aliphatic heterocycles. The number of carbonyl (C=O) groups is 1. The number of β-amino-alcohol motifs (C(OH)–C–C–N with tert-alkyl or cyclic N) is 1. The number of aliphatic hydroxyl groups is 1. The fourth-order valence-corrected chi connectivity index (χ4v) is 3.84. The van der Waals surface area contributed by atoms with Gasteiger partial charge >= 0.3 is 0 Å². The molecule has 0 saturated carbocycles. The monoisotopic (exact) mass is 314 g/mol. The topological polar surface area (TPSA) is 56.9 Å². The van der Waals surface area contributed by atoms with E-state index in [2.05, 4.69) is 4.90 Å². The summed E-state index contributed by atoms with van der Waals surface area (Å²) in [5, 5.41) is 11.3. The van der Waals surface area contributed by atoms with Crippen molar-refractivity contribution in [1.29, 1.82) is 0 Å². The lowest BCUT2D eigenvalue weighted by Gasteiger charge is -2.25. The minimum atomic E-state index is -0.469. The molecule has 0 radical (unpaired) electrons. The van der Waals surface area contributed by atoms with Gasteiger partial charge in [-0.05, 0) is 44.5 Å². The van der Waals surface area contributed by atoms with E-state index in [0.29, 0.717) is 18.8 Å². The molecule has 2 atom stereocenters. The molecule has 1 aromatic heterocycles. The van der Waals surface area contributed by atoms with Gasteiger partial charge in [0.1, 0.15) is 5.58 Å². The Balaban J connectivity index is 1.55. The molecule has 0 aliphatic carbocycles. The second kappa shape index (κ2) is 5.65. The lowest BCUT2D eigenvalue weighted by atomic mass is 10.2. The van der Waals surface area contributed by atoms with Gasteiger partial charge < -0.3 is 14.4 Å². The van der Waals surface area contributed by atoms with Gasteiger partial charge in [-0.3, -0.25) is 9.69 Å². The minimum absolute atomic E-state index is 0.0626. The number of aliphatic hydroxyl groups excluding tert-OH is 1. The van der Waals surface area contributed by atoms with Crippen LogP contribution in [-0.2, 0) is 0 Å². The third kappa shape index (κ3) is 2.54. The van der Waals surface area contributed by atoms with E-state index < -0.39 is 6.10 Å². The fraction of sp³-hybridized carbons (Fsp3) is 0.500. The number of hydrogen-bond donors (Lipinski definition) is 1. The Morgan fingerprint density at radius 2 is 2.04 bits per heavy atom. The maximum absolute atomic E-state index is 12.7. The largest absolute Gasteiger partial charge is 0.451 e. The molecule has 2 saturated heterocycles. The molecule has 23 heavy (non-hydrogen) atoms. The molecule has 4 rings (SSSR count). The Morgan fingerprint density at radius 3 is 2.78 bits per heavy atom. The number of nitrogens with zero attached hydrogens (tertiary/aromatic N) is 2. The molecular formula is C18H22N2O3. The quantitative estimate of drug-likeness (QED) is 0.921. The summed E-state index contributed by atoms with van der Waals surface area (Å²) in [6.07, 6.45) is 1.89. The lowest BCUT2D eigenvalue weighted by Crippen LogP contribution is -2.41. The smallest absolute Gasteiger partial charge is 0.289 e. The van der Waals surface area contributed by atoms with Crippen molar-refractivity contribution in [2.24, 2.45) is 0 Å². The summed E-state index contributed by atoms with van der Waals surface area (Å²) in [7, 11) is 0. The van der Waals surface area contributed by atoms with Crippen molar-refractivity contribution < 1.29 is 14.3 Å². The number of hydrogen-bond acceptors (Lipinski definition) is 4. The number of rotatable bonds is 2. The maximum Gasteiger partial charge on any atom is 0.289 e. The highest BCUT2D eigenvalue weighted by Gasteiger charge is 2.39. The first-order chi connectivity index (χ1) is 11.1.